The van der Waals surface area contributed by atoms with E-state index in [0.717, 1.165) is 30.2 Å². The van der Waals surface area contributed by atoms with Crippen LogP contribution >= 0.6 is 0 Å². The normalized spacial score (nSPS) is 27.2. The van der Waals surface area contributed by atoms with Crippen molar-refractivity contribution in [1.82, 2.24) is 14.1 Å². The average molecular weight is 398 g/mol. The summed E-state index contributed by atoms with van der Waals surface area (Å²) in [5.41, 5.74) is 0.646. The maximum Gasteiger partial charge on any atom is 0.246 e. The van der Waals surface area contributed by atoms with Crippen molar-refractivity contribution in [1.29, 1.82) is 0 Å². The van der Waals surface area contributed by atoms with Gasteiger partial charge in [-0.25, -0.2) is 12.7 Å². The molecule has 7 nitrogen and oxygen atoms in total. The van der Waals surface area contributed by atoms with Crippen LogP contribution < -0.4 is 0 Å². The minimum atomic E-state index is -3.69. The van der Waals surface area contributed by atoms with Gasteiger partial charge in [0.2, 0.25) is 21.8 Å². The zero-order valence-corrected chi connectivity index (χ0v) is 17.9. The number of carbonyl (C=O) groups excluding carboxylic acids is 2. The predicted molar refractivity (Wildman–Crippen MR) is 103 cm³/mol. The molecular formula is C19H31N3O4S. The smallest absolute Gasteiger partial charge is 0.246 e. The zero-order valence-electron chi connectivity index (χ0n) is 17.1. The van der Waals surface area contributed by atoms with Crippen LogP contribution in [-0.2, 0) is 19.6 Å². The summed E-state index contributed by atoms with van der Waals surface area (Å²) in [4.78, 5) is 29.9. The topological polar surface area (TPSA) is 78.0 Å². The molecule has 0 bridgehead atoms. The highest BCUT2D eigenvalue weighted by molar-refractivity contribution is 7.89. The Kier molecular flexibility index (Phi) is 4.96. The summed E-state index contributed by atoms with van der Waals surface area (Å²) >= 11 is 0. The third-order valence-electron chi connectivity index (χ3n) is 5.53. The molecule has 0 saturated carbocycles. The molecule has 152 valence electrons. The second-order valence-electron chi connectivity index (χ2n) is 9.65. The number of carbonyl (C=O) groups is 2. The molecule has 0 aliphatic carbocycles. The first-order valence-electron chi connectivity index (χ1n) is 9.58. The fourth-order valence-corrected chi connectivity index (χ4v) is 5.57. The fraction of sp³-hybridized carbons (Fsp3) is 0.789. The van der Waals surface area contributed by atoms with Crippen LogP contribution in [0.4, 0.5) is 0 Å². The van der Waals surface area contributed by atoms with Crippen molar-refractivity contribution in [3.63, 3.8) is 0 Å². The number of nitrogens with zero attached hydrogens (tertiary/aromatic N) is 3. The van der Waals surface area contributed by atoms with Crippen LogP contribution in [-0.4, -0.2) is 72.8 Å². The van der Waals surface area contributed by atoms with Crippen LogP contribution in [0.15, 0.2) is 11.8 Å². The average Bonchev–Trinajstić information content (AvgIpc) is 2.95. The second kappa shape index (κ2) is 6.58. The van der Waals surface area contributed by atoms with Crippen molar-refractivity contribution >= 4 is 21.8 Å². The molecule has 0 aromatic carbocycles. The Morgan fingerprint density at radius 1 is 1.26 bits per heavy atom. The molecule has 0 N–H and O–H groups in total. The summed E-state index contributed by atoms with van der Waals surface area (Å²) in [6.45, 7) is 13.1. The molecular weight excluding hydrogens is 366 g/mol. The summed E-state index contributed by atoms with van der Waals surface area (Å²) in [5.74, 6) is -1.02. The SMILES string of the molecule is CC(C)[C@@H]1C(=O)N(S(C)(=O)=O)C2=CCN(C(=O)C3CN(CC(C)(C)C)C3)[C@H]21. The van der Waals surface area contributed by atoms with Crippen molar-refractivity contribution in [2.45, 2.75) is 40.7 Å². The van der Waals surface area contributed by atoms with Crippen molar-refractivity contribution in [2.24, 2.45) is 23.2 Å². The van der Waals surface area contributed by atoms with E-state index in [-0.39, 0.29) is 23.2 Å². The second-order valence-corrected chi connectivity index (χ2v) is 11.5. The van der Waals surface area contributed by atoms with Gasteiger partial charge in [0.05, 0.1) is 29.8 Å². The van der Waals surface area contributed by atoms with E-state index in [1.807, 2.05) is 13.8 Å². The zero-order chi connectivity index (χ0) is 20.3. The summed E-state index contributed by atoms with van der Waals surface area (Å²) in [6.07, 6.45) is 2.78. The van der Waals surface area contributed by atoms with Gasteiger partial charge in [0.25, 0.3) is 0 Å². The number of hydrogen-bond acceptors (Lipinski definition) is 5. The van der Waals surface area contributed by atoms with E-state index in [1.165, 1.54) is 0 Å². The van der Waals surface area contributed by atoms with Gasteiger partial charge in [-0.3, -0.25) is 9.59 Å². The number of fused-ring (bicyclic) bond motifs is 1. The van der Waals surface area contributed by atoms with E-state index < -0.39 is 27.9 Å². The highest BCUT2D eigenvalue weighted by Crippen LogP contribution is 2.42. The lowest BCUT2D eigenvalue weighted by Gasteiger charge is -2.44. The number of rotatable bonds is 4. The molecule has 0 radical (unpaired) electrons. The third-order valence-corrected chi connectivity index (χ3v) is 6.59. The lowest BCUT2D eigenvalue weighted by Crippen LogP contribution is -2.57. The Morgan fingerprint density at radius 2 is 1.85 bits per heavy atom. The van der Waals surface area contributed by atoms with Crippen LogP contribution in [0, 0.1) is 23.2 Å². The minimum absolute atomic E-state index is 0.0326. The molecule has 2 atom stereocenters. The molecule has 2 amide bonds. The third kappa shape index (κ3) is 3.66. The van der Waals surface area contributed by atoms with Crippen molar-refractivity contribution in [2.75, 3.05) is 32.4 Å². The van der Waals surface area contributed by atoms with Gasteiger partial charge in [0, 0.05) is 26.2 Å². The lowest BCUT2D eigenvalue weighted by molar-refractivity contribution is -0.143. The number of amides is 2. The molecule has 0 aromatic heterocycles. The molecule has 2 fully saturated rings. The number of hydrogen-bond donors (Lipinski definition) is 0. The quantitative estimate of drug-likeness (QED) is 0.711. The van der Waals surface area contributed by atoms with Crippen LogP contribution in [0.5, 0.6) is 0 Å². The number of sulfonamides is 1. The van der Waals surface area contributed by atoms with Gasteiger partial charge in [-0.05, 0) is 17.4 Å². The van der Waals surface area contributed by atoms with Gasteiger partial charge in [-0.2, -0.15) is 0 Å². The molecule has 0 aromatic rings. The molecule has 2 saturated heterocycles. The lowest BCUT2D eigenvalue weighted by atomic mass is 9.87. The molecule has 0 spiro atoms. The summed E-state index contributed by atoms with van der Waals surface area (Å²) in [6, 6.07) is -0.462. The molecule has 0 unspecified atom stereocenters. The molecule has 3 aliphatic heterocycles. The maximum atomic E-state index is 13.1. The Labute approximate surface area is 162 Å². The first kappa shape index (κ1) is 20.3. The van der Waals surface area contributed by atoms with Gasteiger partial charge >= 0.3 is 0 Å². The Balaban J connectivity index is 1.76. The van der Waals surface area contributed by atoms with Crippen molar-refractivity contribution in [3.05, 3.63) is 11.8 Å². The molecule has 3 aliphatic rings. The Bertz CT molecular complexity index is 775. The van der Waals surface area contributed by atoms with Crippen LogP contribution in [0.25, 0.3) is 0 Å². The maximum absolute atomic E-state index is 13.1. The highest BCUT2D eigenvalue weighted by atomic mass is 32.2. The number of likely N-dealkylation sites (tertiary alicyclic amines) is 1. The van der Waals surface area contributed by atoms with E-state index >= 15 is 0 Å². The molecule has 27 heavy (non-hydrogen) atoms. The van der Waals surface area contributed by atoms with Gasteiger partial charge in [0.1, 0.15) is 0 Å². The molecule has 8 heteroatoms. The molecule has 3 heterocycles. The molecule has 3 rings (SSSR count). The van der Waals surface area contributed by atoms with E-state index in [4.69, 9.17) is 0 Å². The van der Waals surface area contributed by atoms with Gasteiger partial charge in [0.15, 0.2) is 0 Å². The van der Waals surface area contributed by atoms with Crippen LogP contribution in [0.1, 0.15) is 34.6 Å². The Morgan fingerprint density at radius 3 is 2.33 bits per heavy atom. The van der Waals surface area contributed by atoms with Crippen LogP contribution in [0.3, 0.4) is 0 Å². The summed E-state index contributed by atoms with van der Waals surface area (Å²) < 4.78 is 25.2. The van der Waals surface area contributed by atoms with E-state index in [1.54, 1.807) is 11.0 Å². The van der Waals surface area contributed by atoms with E-state index in [0.29, 0.717) is 12.2 Å². The van der Waals surface area contributed by atoms with E-state index in [2.05, 4.69) is 25.7 Å². The monoisotopic (exact) mass is 397 g/mol. The van der Waals surface area contributed by atoms with E-state index in [9.17, 15) is 18.0 Å². The first-order valence-corrected chi connectivity index (χ1v) is 11.4. The standard InChI is InChI=1S/C19H31N3O4S/c1-12(2)15-16-14(22(18(15)24)27(6,25)26)7-8-21(16)17(23)13-9-20(10-13)11-19(3,4)5/h7,12-13,15-16H,8-11H2,1-6H3/t15-,16+/m0/s1. The minimum Gasteiger partial charge on any atom is -0.329 e. The first-order chi connectivity index (χ1) is 12.3. The van der Waals surface area contributed by atoms with Gasteiger partial charge in [-0.15, -0.1) is 0 Å². The van der Waals surface area contributed by atoms with Gasteiger partial charge < -0.3 is 9.80 Å². The summed E-state index contributed by atoms with van der Waals surface area (Å²) in [5, 5.41) is 0. The fourth-order valence-electron chi connectivity index (χ4n) is 4.56. The largest absolute Gasteiger partial charge is 0.329 e. The van der Waals surface area contributed by atoms with Crippen molar-refractivity contribution in [3.8, 4) is 0 Å². The highest BCUT2D eigenvalue weighted by Gasteiger charge is 2.55. The summed E-state index contributed by atoms with van der Waals surface area (Å²) in [7, 11) is -3.69. The van der Waals surface area contributed by atoms with Gasteiger partial charge in [-0.1, -0.05) is 34.6 Å². The predicted octanol–water partition coefficient (Wildman–Crippen LogP) is 1.13. The van der Waals surface area contributed by atoms with Crippen LogP contribution in [0.2, 0.25) is 0 Å². The van der Waals surface area contributed by atoms with Crippen molar-refractivity contribution < 1.29 is 18.0 Å². The Hall–Kier alpha value is -1.41.